The predicted octanol–water partition coefficient (Wildman–Crippen LogP) is 5.76. The van der Waals surface area contributed by atoms with Gasteiger partial charge < -0.3 is 9.64 Å². The van der Waals surface area contributed by atoms with Gasteiger partial charge in [0.1, 0.15) is 5.75 Å². The molecule has 1 aromatic carbocycles. The average Bonchev–Trinajstić information content (AvgIpc) is 2.76. The number of likely N-dealkylation sites (tertiary alicyclic amines) is 1. The molecule has 3 heteroatoms. The molecule has 0 bridgehead atoms. The van der Waals surface area contributed by atoms with Crippen molar-refractivity contribution in [2.75, 3.05) is 39.3 Å². The molecule has 2 heterocycles. The minimum Gasteiger partial charge on any atom is -0.494 e. The molecule has 2 aliphatic rings. The van der Waals surface area contributed by atoms with Gasteiger partial charge in [0.05, 0.1) is 6.61 Å². The van der Waals surface area contributed by atoms with E-state index in [1.165, 1.54) is 69.4 Å². The maximum Gasteiger partial charge on any atom is 0.119 e. The van der Waals surface area contributed by atoms with Crippen LogP contribution in [0.3, 0.4) is 0 Å². The summed E-state index contributed by atoms with van der Waals surface area (Å²) in [4.78, 5) is 5.12. The summed E-state index contributed by atoms with van der Waals surface area (Å²) in [5.74, 6) is 1.06. The Hall–Kier alpha value is -1.06. The first kappa shape index (κ1) is 24.0. The largest absolute Gasteiger partial charge is 0.494 e. The van der Waals surface area contributed by atoms with E-state index in [0.29, 0.717) is 0 Å². The molecule has 1 aromatic rings. The van der Waals surface area contributed by atoms with Crippen LogP contribution in [0, 0.1) is 0 Å². The molecule has 0 atom stereocenters. The highest BCUT2D eigenvalue weighted by Gasteiger charge is 2.15. The van der Waals surface area contributed by atoms with Crippen LogP contribution < -0.4 is 4.74 Å². The van der Waals surface area contributed by atoms with E-state index in [-0.39, 0.29) is 0 Å². The second-order valence-corrected chi connectivity index (χ2v) is 7.01. The Morgan fingerprint density at radius 2 is 1.59 bits per heavy atom. The van der Waals surface area contributed by atoms with Crippen molar-refractivity contribution in [3.63, 3.8) is 0 Å². The van der Waals surface area contributed by atoms with Gasteiger partial charge in [-0.25, -0.2) is 0 Å². The third-order valence-corrected chi connectivity index (χ3v) is 5.30. The molecule has 156 valence electrons. The Labute approximate surface area is 169 Å². The lowest BCUT2D eigenvalue weighted by atomic mass is 9.99. The normalized spacial score (nSPS) is 17.1. The topological polar surface area (TPSA) is 15.7 Å². The molecule has 3 nitrogen and oxygen atoms in total. The van der Waals surface area contributed by atoms with Crippen molar-refractivity contribution < 1.29 is 4.74 Å². The summed E-state index contributed by atoms with van der Waals surface area (Å²) in [5, 5.41) is 0. The Morgan fingerprint density at radius 3 is 2.30 bits per heavy atom. The Bertz CT molecular complexity index is 483. The van der Waals surface area contributed by atoms with Gasteiger partial charge >= 0.3 is 0 Å². The van der Waals surface area contributed by atoms with E-state index in [0.717, 1.165) is 31.9 Å². The number of rotatable bonds is 7. The van der Waals surface area contributed by atoms with Crippen LogP contribution in [0.5, 0.6) is 5.75 Å². The Kier molecular flexibility index (Phi) is 13.3. The van der Waals surface area contributed by atoms with Crippen LogP contribution in [0.1, 0.15) is 77.8 Å². The molecule has 2 aliphatic heterocycles. The van der Waals surface area contributed by atoms with E-state index in [1.807, 2.05) is 27.7 Å². The number of likely N-dealkylation sites (N-methyl/N-ethyl adjacent to an activating group) is 1. The fourth-order valence-corrected chi connectivity index (χ4v) is 3.76. The minimum absolute atomic E-state index is 0.851. The molecule has 0 aromatic heterocycles. The van der Waals surface area contributed by atoms with E-state index in [2.05, 4.69) is 34.9 Å². The van der Waals surface area contributed by atoms with Crippen LogP contribution in [0.15, 0.2) is 18.2 Å². The highest BCUT2D eigenvalue weighted by molar-refractivity contribution is 5.37. The summed E-state index contributed by atoms with van der Waals surface area (Å²) >= 11 is 0. The van der Waals surface area contributed by atoms with E-state index in [1.54, 1.807) is 0 Å². The molecule has 0 spiro atoms. The summed E-state index contributed by atoms with van der Waals surface area (Å²) < 4.78 is 5.99. The fraction of sp³-hybridized carbons (Fsp3) is 0.750. The summed E-state index contributed by atoms with van der Waals surface area (Å²) in [6, 6.07) is 6.69. The Balaban J connectivity index is 0.000000855. The molecule has 0 saturated carbocycles. The van der Waals surface area contributed by atoms with E-state index < -0.39 is 0 Å². The molecular formula is C24H44N2O. The molecule has 0 N–H and O–H groups in total. The minimum atomic E-state index is 0.851. The van der Waals surface area contributed by atoms with Gasteiger partial charge in [-0.15, -0.1) is 0 Å². The van der Waals surface area contributed by atoms with E-state index >= 15 is 0 Å². The number of unbranched alkanes of at least 4 members (excludes halogenated alkanes) is 1. The van der Waals surface area contributed by atoms with Crippen LogP contribution in [-0.4, -0.2) is 49.1 Å². The van der Waals surface area contributed by atoms with E-state index in [9.17, 15) is 0 Å². The van der Waals surface area contributed by atoms with E-state index in [4.69, 9.17) is 4.74 Å². The fourth-order valence-electron chi connectivity index (χ4n) is 3.76. The maximum absolute atomic E-state index is 5.99. The van der Waals surface area contributed by atoms with Crippen molar-refractivity contribution in [1.82, 2.24) is 9.80 Å². The smallest absolute Gasteiger partial charge is 0.119 e. The van der Waals surface area contributed by atoms with Crippen LogP contribution in [0.25, 0.3) is 0 Å². The molecule has 3 rings (SSSR count). The zero-order valence-corrected chi connectivity index (χ0v) is 18.7. The number of benzene rings is 1. The lowest BCUT2D eigenvalue weighted by molar-refractivity contribution is 0.216. The zero-order chi connectivity index (χ0) is 19.9. The third kappa shape index (κ3) is 8.66. The number of ether oxygens (including phenoxy) is 1. The van der Waals surface area contributed by atoms with Crippen LogP contribution in [0.2, 0.25) is 0 Å². The van der Waals surface area contributed by atoms with Crippen molar-refractivity contribution in [1.29, 1.82) is 0 Å². The lowest BCUT2D eigenvalue weighted by Gasteiger charge is -2.28. The van der Waals surface area contributed by atoms with Crippen molar-refractivity contribution >= 4 is 0 Å². The summed E-state index contributed by atoms with van der Waals surface area (Å²) in [6.07, 6.45) is 7.80. The Morgan fingerprint density at radius 1 is 0.852 bits per heavy atom. The standard InChI is InChI=1S/C20H32N2O.2C2H6/c1-2-21-14-10-18-8-9-20(16-19(18)17-21)23-15-7-6-13-22-11-4-3-5-12-22;2*1-2/h8-9,16H,2-7,10-15,17H2,1H3;2*1-2H3. The summed E-state index contributed by atoms with van der Waals surface area (Å²) in [7, 11) is 0. The van der Waals surface area contributed by atoms with Crippen LogP contribution in [0.4, 0.5) is 0 Å². The summed E-state index contributed by atoms with van der Waals surface area (Å²) in [6.45, 7) is 18.4. The van der Waals surface area contributed by atoms with Gasteiger partial charge in [0.25, 0.3) is 0 Å². The predicted molar refractivity (Wildman–Crippen MR) is 119 cm³/mol. The maximum atomic E-state index is 5.99. The second kappa shape index (κ2) is 14.9. The molecular weight excluding hydrogens is 332 g/mol. The van der Waals surface area contributed by atoms with Gasteiger partial charge in [0, 0.05) is 13.1 Å². The van der Waals surface area contributed by atoms with Gasteiger partial charge in [-0.1, -0.05) is 47.1 Å². The van der Waals surface area contributed by atoms with Gasteiger partial charge in [-0.3, -0.25) is 4.90 Å². The number of hydrogen-bond donors (Lipinski definition) is 0. The molecule has 0 radical (unpaired) electrons. The first-order chi connectivity index (χ1) is 13.3. The van der Waals surface area contributed by atoms with Crippen LogP contribution in [-0.2, 0) is 13.0 Å². The third-order valence-electron chi connectivity index (χ3n) is 5.30. The van der Waals surface area contributed by atoms with Crippen LogP contribution >= 0.6 is 0 Å². The second-order valence-electron chi connectivity index (χ2n) is 7.01. The highest BCUT2D eigenvalue weighted by Crippen LogP contribution is 2.24. The van der Waals surface area contributed by atoms with Crippen molar-refractivity contribution in [3.05, 3.63) is 29.3 Å². The first-order valence-electron chi connectivity index (χ1n) is 11.5. The lowest BCUT2D eigenvalue weighted by Crippen LogP contribution is -2.30. The number of fused-ring (bicyclic) bond motifs is 1. The van der Waals surface area contributed by atoms with Gasteiger partial charge in [-0.05, 0) is 81.5 Å². The highest BCUT2D eigenvalue weighted by atomic mass is 16.5. The molecule has 0 unspecified atom stereocenters. The summed E-state index contributed by atoms with van der Waals surface area (Å²) in [5.41, 5.74) is 2.97. The number of piperidine rings is 1. The quantitative estimate of drug-likeness (QED) is 0.563. The number of nitrogens with zero attached hydrogens (tertiary/aromatic N) is 2. The SMILES string of the molecule is CC.CC.CCN1CCc2ccc(OCCCCN3CCCCC3)cc2C1. The van der Waals surface area contributed by atoms with Gasteiger partial charge in [0.15, 0.2) is 0 Å². The van der Waals surface area contributed by atoms with Gasteiger partial charge in [-0.2, -0.15) is 0 Å². The van der Waals surface area contributed by atoms with Crippen molar-refractivity contribution in [2.45, 2.75) is 79.7 Å². The molecule has 0 aliphatic carbocycles. The molecule has 0 amide bonds. The van der Waals surface area contributed by atoms with Crippen molar-refractivity contribution in [3.8, 4) is 5.75 Å². The zero-order valence-electron chi connectivity index (χ0n) is 18.7. The van der Waals surface area contributed by atoms with Gasteiger partial charge in [0.2, 0.25) is 0 Å². The first-order valence-corrected chi connectivity index (χ1v) is 11.5. The molecule has 1 saturated heterocycles. The number of hydrogen-bond acceptors (Lipinski definition) is 3. The monoisotopic (exact) mass is 376 g/mol. The molecule has 27 heavy (non-hydrogen) atoms. The molecule has 1 fully saturated rings. The average molecular weight is 377 g/mol. The van der Waals surface area contributed by atoms with Crippen molar-refractivity contribution in [2.24, 2.45) is 0 Å².